The molecule has 0 spiro atoms. The zero-order valence-electron chi connectivity index (χ0n) is 33.0. The molecule has 0 unspecified atom stereocenters. The molecule has 0 saturated heterocycles. The molecule has 7 nitrogen and oxygen atoms in total. The van der Waals surface area contributed by atoms with E-state index in [1.165, 1.54) is 0 Å². The Morgan fingerprint density at radius 2 is 0.565 bits per heavy atom. The van der Waals surface area contributed by atoms with Crippen molar-refractivity contribution in [2.45, 2.75) is 0 Å². The van der Waals surface area contributed by atoms with E-state index < -0.39 is 0 Å². The smallest absolute Gasteiger partial charge is 0.128 e. The van der Waals surface area contributed by atoms with Gasteiger partial charge in [0.25, 0.3) is 0 Å². The Morgan fingerprint density at radius 3 is 0.871 bits per heavy atom. The monoisotopic (exact) mass is 799 g/mol. The van der Waals surface area contributed by atoms with Gasteiger partial charge in [-0.1, -0.05) is 90.9 Å². The van der Waals surface area contributed by atoms with Crippen LogP contribution in [0.15, 0.2) is 182 Å². The molecule has 0 bridgehead atoms. The van der Waals surface area contributed by atoms with Gasteiger partial charge in [0.1, 0.15) is 64.2 Å². The van der Waals surface area contributed by atoms with Crippen LogP contribution < -0.4 is 18.9 Å². The van der Waals surface area contributed by atoms with Crippen molar-refractivity contribution in [3.63, 3.8) is 0 Å². The Balaban J connectivity index is 0.803. The molecule has 0 aromatic heterocycles. The molecule has 0 saturated carbocycles. The van der Waals surface area contributed by atoms with Gasteiger partial charge < -0.3 is 18.9 Å². The van der Waals surface area contributed by atoms with Gasteiger partial charge in [0.2, 0.25) is 0 Å². The number of nitriles is 3. The van der Waals surface area contributed by atoms with E-state index in [4.69, 9.17) is 30.6 Å². The Kier molecular flexibility index (Phi) is 11.8. The van der Waals surface area contributed by atoms with Gasteiger partial charge in [0.15, 0.2) is 0 Å². The molecule has 0 atom stereocenters. The molecule has 8 aromatic carbocycles. The predicted octanol–water partition coefficient (Wildman–Crippen LogP) is 14.0. The van der Waals surface area contributed by atoms with E-state index in [1.807, 2.05) is 158 Å². The third-order valence-electron chi connectivity index (χ3n) is 9.75. The second-order valence-electron chi connectivity index (χ2n) is 13.9. The first-order valence-electron chi connectivity index (χ1n) is 19.4. The Labute approximate surface area is 359 Å². The third kappa shape index (κ3) is 9.70. The molecule has 292 valence electrons. The molecule has 7 heteroatoms. The van der Waals surface area contributed by atoms with Gasteiger partial charge in [-0.05, 0) is 143 Å². The summed E-state index contributed by atoms with van der Waals surface area (Å²) in [6.07, 6.45) is 9.57. The maximum Gasteiger partial charge on any atom is 0.128 e. The van der Waals surface area contributed by atoms with Crippen molar-refractivity contribution >= 4 is 12.2 Å². The van der Waals surface area contributed by atoms with E-state index in [-0.39, 0.29) is 5.56 Å². The molecule has 0 N–H and O–H groups in total. The highest BCUT2D eigenvalue weighted by Crippen LogP contribution is 2.32. The Bertz CT molecular complexity index is 2840. The number of rotatable bonds is 12. The van der Waals surface area contributed by atoms with Crippen molar-refractivity contribution in [3.8, 4) is 98.8 Å². The maximum absolute atomic E-state index is 9.34. The van der Waals surface area contributed by atoms with E-state index >= 15 is 0 Å². The minimum absolute atomic E-state index is 0.277. The molecule has 0 aliphatic heterocycles. The lowest BCUT2D eigenvalue weighted by Crippen LogP contribution is -1.89. The van der Waals surface area contributed by atoms with Gasteiger partial charge in [0.05, 0.1) is 16.7 Å². The molecular formula is C55H33N3O4. The van der Waals surface area contributed by atoms with Crippen LogP contribution in [-0.2, 0) is 0 Å². The van der Waals surface area contributed by atoms with Crippen LogP contribution in [0.3, 0.4) is 0 Å². The quantitative estimate of drug-likeness (QED) is 0.0894. The van der Waals surface area contributed by atoms with Crippen molar-refractivity contribution in [2.24, 2.45) is 0 Å². The second-order valence-corrected chi connectivity index (χ2v) is 13.9. The van der Waals surface area contributed by atoms with E-state index in [0.29, 0.717) is 39.7 Å². The van der Waals surface area contributed by atoms with Gasteiger partial charge in [-0.25, -0.2) is 0 Å². The van der Waals surface area contributed by atoms with Gasteiger partial charge in [-0.3, -0.25) is 0 Å². The summed E-state index contributed by atoms with van der Waals surface area (Å²) >= 11 is 0. The highest BCUT2D eigenvalue weighted by molar-refractivity contribution is 5.71. The average Bonchev–Trinajstić information content (AvgIpc) is 3.32. The second kappa shape index (κ2) is 18.5. The lowest BCUT2D eigenvalue weighted by molar-refractivity contribution is 0.482. The summed E-state index contributed by atoms with van der Waals surface area (Å²) < 4.78 is 24.1. The number of hydrogen-bond acceptors (Lipinski definition) is 7. The van der Waals surface area contributed by atoms with Gasteiger partial charge in [0, 0.05) is 5.56 Å². The molecule has 0 fully saturated rings. The van der Waals surface area contributed by atoms with Crippen LogP contribution >= 0.6 is 0 Å². The molecule has 0 aliphatic carbocycles. The maximum atomic E-state index is 9.34. The lowest BCUT2D eigenvalue weighted by Gasteiger charge is -2.09. The first-order valence-corrected chi connectivity index (χ1v) is 19.4. The van der Waals surface area contributed by atoms with Crippen LogP contribution in [0.1, 0.15) is 33.4 Å². The van der Waals surface area contributed by atoms with Crippen LogP contribution in [0.2, 0.25) is 0 Å². The lowest BCUT2D eigenvalue weighted by atomic mass is 10.1. The molecule has 8 rings (SSSR count). The number of benzene rings is 8. The van der Waals surface area contributed by atoms with Crippen LogP contribution in [0.25, 0.3) is 34.4 Å². The fourth-order valence-corrected chi connectivity index (χ4v) is 6.47. The standard InChI is InChI=1S/C55H33N3O4/c1-2-40-9-31-54(33-46(40)36-57)61-52-27-14-43(15-28-52)41-10-23-50(24-11-41)59-48-19-5-38(6-20-48)3-4-39-7-21-49(22-8-39)60-51-25-12-42(13-26-51)44-16-29-53(30-17-44)62-55-32-18-45(35-56)47(34-55)37-58/h1,3-34H. The van der Waals surface area contributed by atoms with E-state index in [1.54, 1.807) is 36.4 Å². The van der Waals surface area contributed by atoms with Gasteiger partial charge in [-0.15, -0.1) is 6.42 Å². The fourth-order valence-electron chi connectivity index (χ4n) is 6.47. The van der Waals surface area contributed by atoms with Crippen LogP contribution in [0.4, 0.5) is 0 Å². The molecule has 0 aliphatic rings. The van der Waals surface area contributed by atoms with Gasteiger partial charge >= 0.3 is 0 Å². The SMILES string of the molecule is C#Cc1ccc(Oc2ccc(-c3ccc(Oc4ccc(C=Cc5ccc(Oc6ccc(-c7ccc(Oc8ccc(C#N)c(C#N)c8)cc7)cc6)cc5)cc4)cc3)cc2)cc1C#N. The highest BCUT2D eigenvalue weighted by atomic mass is 16.5. The molecule has 0 heterocycles. The van der Waals surface area contributed by atoms with Crippen LogP contribution in [-0.4, -0.2) is 0 Å². The van der Waals surface area contributed by atoms with Crippen LogP contribution in [0, 0.1) is 46.3 Å². The third-order valence-corrected chi connectivity index (χ3v) is 9.75. The molecule has 0 amide bonds. The summed E-state index contributed by atoms with van der Waals surface area (Å²) in [4.78, 5) is 0. The van der Waals surface area contributed by atoms with Gasteiger partial charge in [-0.2, -0.15) is 15.8 Å². The van der Waals surface area contributed by atoms with Crippen molar-refractivity contribution in [1.82, 2.24) is 0 Å². The molecule has 0 radical (unpaired) electrons. The predicted molar refractivity (Wildman–Crippen MR) is 241 cm³/mol. The number of hydrogen-bond donors (Lipinski definition) is 0. The van der Waals surface area contributed by atoms with E-state index in [9.17, 15) is 10.5 Å². The molecule has 62 heavy (non-hydrogen) atoms. The summed E-state index contributed by atoms with van der Waals surface area (Å²) in [5.74, 6) is 7.75. The van der Waals surface area contributed by atoms with Crippen LogP contribution in [0.5, 0.6) is 46.0 Å². The van der Waals surface area contributed by atoms with E-state index in [2.05, 4.69) is 24.1 Å². The first kappa shape index (κ1) is 39.6. The largest absolute Gasteiger partial charge is 0.457 e. The van der Waals surface area contributed by atoms with Crippen molar-refractivity contribution in [2.75, 3.05) is 0 Å². The topological polar surface area (TPSA) is 108 Å². The van der Waals surface area contributed by atoms with Crippen molar-refractivity contribution in [1.29, 1.82) is 15.8 Å². The Morgan fingerprint density at radius 1 is 0.306 bits per heavy atom. The summed E-state index contributed by atoms with van der Waals surface area (Å²) in [7, 11) is 0. The minimum Gasteiger partial charge on any atom is -0.457 e. The zero-order chi connectivity index (χ0) is 42.7. The summed E-state index contributed by atoms with van der Waals surface area (Å²) in [5.41, 5.74) is 7.72. The minimum atomic E-state index is 0.277. The highest BCUT2D eigenvalue weighted by Gasteiger charge is 2.08. The zero-order valence-corrected chi connectivity index (χ0v) is 33.0. The van der Waals surface area contributed by atoms with Crippen molar-refractivity contribution in [3.05, 3.63) is 215 Å². The van der Waals surface area contributed by atoms with E-state index in [0.717, 1.165) is 56.4 Å². The Hall–Kier alpha value is -9.27. The average molecular weight is 800 g/mol. The van der Waals surface area contributed by atoms with Crippen molar-refractivity contribution < 1.29 is 18.9 Å². The summed E-state index contributed by atoms with van der Waals surface area (Å²) in [5, 5.41) is 27.8. The normalized spacial score (nSPS) is 10.5. The number of ether oxygens (including phenoxy) is 4. The first-order chi connectivity index (χ1) is 30.4. The summed E-state index contributed by atoms with van der Waals surface area (Å²) in [6.45, 7) is 0. The number of terminal acetylenes is 1. The fraction of sp³-hybridized carbons (Fsp3) is 0. The summed E-state index contributed by atoms with van der Waals surface area (Å²) in [6, 6.07) is 63.1. The number of nitrogens with zero attached hydrogens (tertiary/aromatic N) is 3. The molecule has 8 aromatic rings. The molecular weight excluding hydrogens is 767 g/mol.